The molecule has 108 valence electrons. The third kappa shape index (κ3) is 2.59. The molecule has 0 saturated heterocycles. The van der Waals surface area contributed by atoms with Gasteiger partial charge in [-0.1, -0.05) is 12.8 Å². The van der Waals surface area contributed by atoms with Crippen molar-refractivity contribution in [2.24, 2.45) is 18.8 Å². The number of hydrogen-bond donors (Lipinski definition) is 2. The molecule has 0 aromatic carbocycles. The molecule has 20 heavy (non-hydrogen) atoms. The van der Waals surface area contributed by atoms with Gasteiger partial charge in [0.2, 0.25) is 0 Å². The Bertz CT molecular complexity index is 590. The minimum Gasteiger partial charge on any atom is -0.373 e. The molecule has 3 N–H and O–H groups in total. The van der Waals surface area contributed by atoms with E-state index in [0.29, 0.717) is 24.2 Å². The van der Waals surface area contributed by atoms with Crippen LogP contribution in [0.15, 0.2) is 6.20 Å². The average molecular weight is 276 g/mol. The summed E-state index contributed by atoms with van der Waals surface area (Å²) in [5.41, 5.74) is 3.35. The van der Waals surface area contributed by atoms with Gasteiger partial charge in [-0.2, -0.15) is 5.10 Å². The van der Waals surface area contributed by atoms with Gasteiger partial charge in [0.1, 0.15) is 6.61 Å². The van der Waals surface area contributed by atoms with Gasteiger partial charge >= 0.3 is 0 Å². The van der Waals surface area contributed by atoms with Crippen molar-refractivity contribution in [2.45, 2.75) is 32.3 Å². The Morgan fingerprint density at radius 1 is 1.40 bits per heavy atom. The standard InChI is InChI=1S/C13H20N6O/c1-19-13-10(6-15-19)12(18-14)16-11(17-13)8-20-7-9-4-2-3-5-9/h6,9H,2-5,7-8,14H2,1H3,(H,16,17,18). The maximum atomic E-state index is 5.75. The van der Waals surface area contributed by atoms with E-state index in [1.807, 2.05) is 7.05 Å². The van der Waals surface area contributed by atoms with Gasteiger partial charge < -0.3 is 10.2 Å². The summed E-state index contributed by atoms with van der Waals surface area (Å²) >= 11 is 0. The number of fused-ring (bicyclic) bond motifs is 1. The zero-order chi connectivity index (χ0) is 13.9. The van der Waals surface area contributed by atoms with E-state index in [2.05, 4.69) is 20.5 Å². The fourth-order valence-corrected chi connectivity index (χ4v) is 2.74. The average Bonchev–Trinajstić information content (AvgIpc) is 3.09. The number of nitrogens with zero attached hydrogens (tertiary/aromatic N) is 4. The van der Waals surface area contributed by atoms with Crippen LogP contribution in [-0.4, -0.2) is 26.4 Å². The minimum atomic E-state index is 0.409. The molecule has 2 aromatic rings. The molecule has 0 aliphatic heterocycles. The molecule has 7 heteroatoms. The van der Waals surface area contributed by atoms with E-state index >= 15 is 0 Å². The highest BCUT2D eigenvalue weighted by molar-refractivity contribution is 5.86. The van der Waals surface area contributed by atoms with Crippen molar-refractivity contribution in [3.05, 3.63) is 12.0 Å². The molecule has 2 heterocycles. The number of nitrogen functional groups attached to an aromatic ring is 1. The summed E-state index contributed by atoms with van der Waals surface area (Å²) in [6, 6.07) is 0. The van der Waals surface area contributed by atoms with Crippen molar-refractivity contribution in [1.29, 1.82) is 0 Å². The maximum absolute atomic E-state index is 5.75. The number of anilines is 1. The molecule has 1 aliphatic rings. The van der Waals surface area contributed by atoms with E-state index in [-0.39, 0.29) is 0 Å². The van der Waals surface area contributed by atoms with Gasteiger partial charge in [0, 0.05) is 13.7 Å². The number of rotatable bonds is 5. The van der Waals surface area contributed by atoms with E-state index in [9.17, 15) is 0 Å². The highest BCUT2D eigenvalue weighted by Gasteiger charge is 2.16. The first-order chi connectivity index (χ1) is 9.78. The first-order valence-electron chi connectivity index (χ1n) is 7.01. The Morgan fingerprint density at radius 2 is 2.20 bits per heavy atom. The van der Waals surface area contributed by atoms with Crippen LogP contribution in [0.2, 0.25) is 0 Å². The monoisotopic (exact) mass is 276 g/mol. The van der Waals surface area contributed by atoms with E-state index in [1.165, 1.54) is 25.7 Å². The molecule has 0 unspecified atom stereocenters. The van der Waals surface area contributed by atoms with Crippen LogP contribution in [0.5, 0.6) is 0 Å². The highest BCUT2D eigenvalue weighted by atomic mass is 16.5. The fraction of sp³-hybridized carbons (Fsp3) is 0.615. The second kappa shape index (κ2) is 5.72. The first kappa shape index (κ1) is 13.3. The van der Waals surface area contributed by atoms with Gasteiger partial charge in [0.15, 0.2) is 17.3 Å². The van der Waals surface area contributed by atoms with Crippen molar-refractivity contribution in [3.8, 4) is 0 Å². The molecule has 1 aliphatic carbocycles. The van der Waals surface area contributed by atoms with E-state index in [0.717, 1.165) is 17.6 Å². The predicted octanol–water partition coefficient (Wildman–Crippen LogP) is 1.36. The van der Waals surface area contributed by atoms with Crippen molar-refractivity contribution in [2.75, 3.05) is 12.0 Å². The molecule has 0 atom stereocenters. The Labute approximate surface area is 117 Å². The topological polar surface area (TPSA) is 90.9 Å². The van der Waals surface area contributed by atoms with Crippen LogP contribution in [0, 0.1) is 5.92 Å². The van der Waals surface area contributed by atoms with Crippen LogP contribution >= 0.6 is 0 Å². The van der Waals surface area contributed by atoms with Crippen LogP contribution in [0.1, 0.15) is 31.5 Å². The maximum Gasteiger partial charge on any atom is 0.163 e. The molecule has 2 aromatic heterocycles. The van der Waals surface area contributed by atoms with Crippen LogP contribution in [0.4, 0.5) is 5.82 Å². The van der Waals surface area contributed by atoms with Crippen LogP contribution in [-0.2, 0) is 18.4 Å². The smallest absolute Gasteiger partial charge is 0.163 e. The number of aryl methyl sites for hydroxylation is 1. The van der Waals surface area contributed by atoms with Crippen molar-refractivity contribution < 1.29 is 4.74 Å². The molecule has 0 bridgehead atoms. The van der Waals surface area contributed by atoms with Gasteiger partial charge in [0.05, 0.1) is 11.6 Å². The zero-order valence-electron chi connectivity index (χ0n) is 11.7. The zero-order valence-corrected chi connectivity index (χ0v) is 11.7. The number of hydrazine groups is 1. The normalized spacial score (nSPS) is 16.1. The summed E-state index contributed by atoms with van der Waals surface area (Å²) in [7, 11) is 1.85. The van der Waals surface area contributed by atoms with Gasteiger partial charge in [-0.15, -0.1) is 0 Å². The quantitative estimate of drug-likeness (QED) is 0.633. The van der Waals surface area contributed by atoms with Crippen molar-refractivity contribution in [1.82, 2.24) is 19.7 Å². The minimum absolute atomic E-state index is 0.409. The summed E-state index contributed by atoms with van der Waals surface area (Å²) < 4.78 is 7.45. The summed E-state index contributed by atoms with van der Waals surface area (Å²) in [5.74, 6) is 7.42. The van der Waals surface area contributed by atoms with E-state index < -0.39 is 0 Å². The lowest BCUT2D eigenvalue weighted by atomic mass is 10.1. The fourth-order valence-electron chi connectivity index (χ4n) is 2.74. The Kier molecular flexibility index (Phi) is 3.79. The molecule has 1 saturated carbocycles. The molecule has 0 radical (unpaired) electrons. The third-order valence-electron chi connectivity index (χ3n) is 3.83. The lowest BCUT2D eigenvalue weighted by molar-refractivity contribution is 0.0846. The van der Waals surface area contributed by atoms with Crippen molar-refractivity contribution in [3.63, 3.8) is 0 Å². The predicted molar refractivity (Wildman–Crippen MR) is 75.7 cm³/mol. The number of ether oxygens (including phenoxy) is 1. The van der Waals surface area contributed by atoms with Gasteiger partial charge in [-0.3, -0.25) is 4.68 Å². The SMILES string of the molecule is Cn1ncc2c(NN)nc(COCC3CCCC3)nc21. The van der Waals surface area contributed by atoms with Crippen LogP contribution < -0.4 is 11.3 Å². The third-order valence-corrected chi connectivity index (χ3v) is 3.83. The molecule has 7 nitrogen and oxygen atoms in total. The van der Waals surface area contributed by atoms with Crippen LogP contribution in [0.25, 0.3) is 11.0 Å². The molecule has 1 fully saturated rings. The largest absolute Gasteiger partial charge is 0.373 e. The molecular weight excluding hydrogens is 256 g/mol. The second-order valence-electron chi connectivity index (χ2n) is 5.30. The van der Waals surface area contributed by atoms with Gasteiger partial charge in [-0.05, 0) is 18.8 Å². The summed E-state index contributed by atoms with van der Waals surface area (Å²) in [5, 5.41) is 4.98. The molecular formula is C13H20N6O. The molecule has 0 spiro atoms. The summed E-state index contributed by atoms with van der Waals surface area (Å²) in [4.78, 5) is 8.85. The molecule has 3 rings (SSSR count). The number of nitrogens with two attached hydrogens (primary N) is 1. The number of nitrogens with one attached hydrogen (secondary N) is 1. The highest BCUT2D eigenvalue weighted by Crippen LogP contribution is 2.25. The van der Waals surface area contributed by atoms with E-state index in [1.54, 1.807) is 10.9 Å². The lowest BCUT2D eigenvalue weighted by Crippen LogP contribution is -2.13. The van der Waals surface area contributed by atoms with Crippen LogP contribution in [0.3, 0.4) is 0 Å². The lowest BCUT2D eigenvalue weighted by Gasteiger charge is -2.10. The number of hydrogen-bond acceptors (Lipinski definition) is 6. The Hall–Kier alpha value is -1.73. The number of aromatic nitrogens is 4. The first-order valence-corrected chi connectivity index (χ1v) is 7.01. The van der Waals surface area contributed by atoms with Crippen molar-refractivity contribution >= 4 is 16.9 Å². The van der Waals surface area contributed by atoms with Gasteiger partial charge in [-0.25, -0.2) is 15.8 Å². The van der Waals surface area contributed by atoms with Gasteiger partial charge in [0.25, 0.3) is 0 Å². The summed E-state index contributed by atoms with van der Waals surface area (Å²) in [6.45, 7) is 1.20. The molecule has 0 amide bonds. The Morgan fingerprint density at radius 3 is 2.95 bits per heavy atom. The second-order valence-corrected chi connectivity index (χ2v) is 5.30. The summed E-state index contributed by atoms with van der Waals surface area (Å²) in [6.07, 6.45) is 6.90. The Balaban J connectivity index is 1.72. The van der Waals surface area contributed by atoms with E-state index in [4.69, 9.17) is 10.6 Å².